The van der Waals surface area contributed by atoms with Crippen molar-refractivity contribution in [2.24, 2.45) is 0 Å². The minimum atomic E-state index is 0.0149. The summed E-state index contributed by atoms with van der Waals surface area (Å²) in [6.45, 7) is 1.89. The standard InChI is InChI=1S/C10H9Cl2N5/c1-4-2-5(7(12)6(11)3-4)8-9(13)15-10(14)17-16-8/h2-3H,1H3,(H4,13,14,15,17). The maximum Gasteiger partial charge on any atom is 0.242 e. The lowest BCUT2D eigenvalue weighted by Gasteiger charge is -2.08. The van der Waals surface area contributed by atoms with Crippen LogP contribution >= 0.6 is 23.2 Å². The van der Waals surface area contributed by atoms with Crippen molar-refractivity contribution in [3.8, 4) is 11.3 Å². The number of aromatic nitrogens is 3. The molecule has 0 fully saturated rings. The molecule has 7 heteroatoms. The summed E-state index contributed by atoms with van der Waals surface area (Å²) in [7, 11) is 0. The van der Waals surface area contributed by atoms with Gasteiger partial charge in [-0.15, -0.1) is 10.2 Å². The third-order valence-electron chi connectivity index (χ3n) is 2.16. The van der Waals surface area contributed by atoms with Crippen molar-refractivity contribution in [3.05, 3.63) is 27.7 Å². The van der Waals surface area contributed by atoms with Gasteiger partial charge in [0.15, 0.2) is 5.82 Å². The predicted molar refractivity (Wildman–Crippen MR) is 68.8 cm³/mol. The topological polar surface area (TPSA) is 90.7 Å². The van der Waals surface area contributed by atoms with Gasteiger partial charge in [0, 0.05) is 5.56 Å². The van der Waals surface area contributed by atoms with Gasteiger partial charge in [0.05, 0.1) is 10.0 Å². The lowest BCUT2D eigenvalue weighted by Crippen LogP contribution is -2.04. The second-order valence-corrected chi connectivity index (χ2v) is 4.30. The Morgan fingerprint density at radius 3 is 2.47 bits per heavy atom. The zero-order valence-electron chi connectivity index (χ0n) is 8.91. The number of anilines is 2. The number of nitrogens with two attached hydrogens (primary N) is 2. The van der Waals surface area contributed by atoms with Gasteiger partial charge in [-0.25, -0.2) is 0 Å². The molecule has 0 saturated heterocycles. The molecule has 0 amide bonds. The number of aryl methyl sites for hydroxylation is 1. The van der Waals surface area contributed by atoms with Gasteiger partial charge in [-0.3, -0.25) is 0 Å². The first-order valence-corrected chi connectivity index (χ1v) is 5.46. The Hall–Kier alpha value is -1.59. The van der Waals surface area contributed by atoms with Crippen LogP contribution in [0.2, 0.25) is 10.0 Å². The Bertz CT molecular complexity index is 585. The lowest BCUT2D eigenvalue weighted by atomic mass is 10.1. The average molecular weight is 270 g/mol. The molecule has 0 bridgehead atoms. The third kappa shape index (κ3) is 2.25. The van der Waals surface area contributed by atoms with E-state index < -0.39 is 0 Å². The average Bonchev–Trinajstić information content (AvgIpc) is 2.24. The molecule has 0 aliphatic heterocycles. The van der Waals surface area contributed by atoms with Crippen LogP contribution in [0.25, 0.3) is 11.3 Å². The molecule has 0 spiro atoms. The van der Waals surface area contributed by atoms with Crippen LogP contribution < -0.4 is 11.5 Å². The van der Waals surface area contributed by atoms with Crippen LogP contribution in [0.4, 0.5) is 11.8 Å². The second kappa shape index (κ2) is 4.35. The van der Waals surface area contributed by atoms with Gasteiger partial charge in [-0.2, -0.15) is 4.98 Å². The number of hydrogen-bond donors (Lipinski definition) is 2. The summed E-state index contributed by atoms with van der Waals surface area (Å²) in [5, 5.41) is 8.33. The largest absolute Gasteiger partial charge is 0.382 e. The van der Waals surface area contributed by atoms with E-state index in [1.54, 1.807) is 6.07 Å². The van der Waals surface area contributed by atoms with Crippen LogP contribution in [0.15, 0.2) is 12.1 Å². The molecule has 0 saturated carbocycles. The molecule has 2 aromatic rings. The highest BCUT2D eigenvalue weighted by Crippen LogP contribution is 2.35. The quantitative estimate of drug-likeness (QED) is 0.829. The van der Waals surface area contributed by atoms with E-state index in [1.165, 1.54) is 0 Å². The fourth-order valence-corrected chi connectivity index (χ4v) is 1.91. The number of nitrogen functional groups attached to an aromatic ring is 2. The molecule has 0 aliphatic carbocycles. The minimum Gasteiger partial charge on any atom is -0.382 e. The van der Waals surface area contributed by atoms with E-state index in [4.69, 9.17) is 34.7 Å². The Kier molecular flexibility index (Phi) is 3.04. The van der Waals surface area contributed by atoms with Crippen LogP contribution in [0.5, 0.6) is 0 Å². The van der Waals surface area contributed by atoms with E-state index >= 15 is 0 Å². The first kappa shape index (κ1) is 11.9. The van der Waals surface area contributed by atoms with Crippen LogP contribution in [0.3, 0.4) is 0 Å². The number of rotatable bonds is 1. The number of halogens is 2. The molecule has 2 rings (SSSR count). The van der Waals surface area contributed by atoms with Crippen LogP contribution in [0, 0.1) is 6.92 Å². The van der Waals surface area contributed by atoms with Crippen molar-refractivity contribution >= 4 is 35.0 Å². The van der Waals surface area contributed by atoms with Crippen LogP contribution in [-0.4, -0.2) is 15.2 Å². The zero-order valence-corrected chi connectivity index (χ0v) is 10.4. The number of hydrogen-bond acceptors (Lipinski definition) is 5. The zero-order chi connectivity index (χ0) is 12.6. The van der Waals surface area contributed by atoms with Crippen molar-refractivity contribution < 1.29 is 0 Å². The van der Waals surface area contributed by atoms with E-state index in [-0.39, 0.29) is 11.8 Å². The van der Waals surface area contributed by atoms with Gasteiger partial charge in [0.1, 0.15) is 5.69 Å². The molecule has 0 unspecified atom stereocenters. The Morgan fingerprint density at radius 2 is 1.82 bits per heavy atom. The lowest BCUT2D eigenvalue weighted by molar-refractivity contribution is 0.999. The summed E-state index contributed by atoms with van der Waals surface area (Å²) in [6, 6.07) is 3.56. The second-order valence-electron chi connectivity index (χ2n) is 3.51. The van der Waals surface area contributed by atoms with Gasteiger partial charge in [-0.05, 0) is 24.6 Å². The Morgan fingerprint density at radius 1 is 1.12 bits per heavy atom. The highest BCUT2D eigenvalue weighted by atomic mass is 35.5. The van der Waals surface area contributed by atoms with Gasteiger partial charge in [0.2, 0.25) is 5.95 Å². The van der Waals surface area contributed by atoms with E-state index in [1.807, 2.05) is 13.0 Å². The van der Waals surface area contributed by atoms with Gasteiger partial charge >= 0.3 is 0 Å². The maximum atomic E-state index is 6.10. The fraction of sp³-hybridized carbons (Fsp3) is 0.100. The molecule has 17 heavy (non-hydrogen) atoms. The molecule has 0 aliphatic rings. The van der Waals surface area contributed by atoms with E-state index in [0.717, 1.165) is 5.56 Å². The van der Waals surface area contributed by atoms with Crippen LogP contribution in [-0.2, 0) is 0 Å². The molecule has 1 aromatic heterocycles. The molecule has 1 heterocycles. The molecule has 5 nitrogen and oxygen atoms in total. The molecule has 0 atom stereocenters. The summed E-state index contributed by atoms with van der Waals surface area (Å²) in [5.74, 6) is 0.183. The fourth-order valence-electron chi connectivity index (χ4n) is 1.44. The molecular weight excluding hydrogens is 261 g/mol. The number of nitrogens with zero attached hydrogens (tertiary/aromatic N) is 3. The van der Waals surface area contributed by atoms with E-state index in [9.17, 15) is 0 Å². The SMILES string of the molecule is Cc1cc(Cl)c(Cl)c(-c2nnc(N)nc2N)c1. The van der Waals surface area contributed by atoms with Crippen LogP contribution in [0.1, 0.15) is 5.56 Å². The summed E-state index contributed by atoms with van der Waals surface area (Å²) in [5.41, 5.74) is 13.0. The van der Waals surface area contributed by atoms with Gasteiger partial charge in [-0.1, -0.05) is 23.2 Å². The molecule has 4 N–H and O–H groups in total. The first-order valence-electron chi connectivity index (χ1n) is 4.70. The first-order chi connectivity index (χ1) is 7.99. The van der Waals surface area contributed by atoms with Crippen molar-refractivity contribution in [1.82, 2.24) is 15.2 Å². The van der Waals surface area contributed by atoms with Crippen molar-refractivity contribution in [1.29, 1.82) is 0 Å². The Labute approximate surface area is 108 Å². The van der Waals surface area contributed by atoms with E-state index in [2.05, 4.69) is 15.2 Å². The molecule has 88 valence electrons. The maximum absolute atomic E-state index is 6.10. The minimum absolute atomic E-state index is 0.0149. The van der Waals surface area contributed by atoms with Gasteiger partial charge in [0.25, 0.3) is 0 Å². The number of benzene rings is 1. The monoisotopic (exact) mass is 269 g/mol. The van der Waals surface area contributed by atoms with Gasteiger partial charge < -0.3 is 11.5 Å². The highest BCUT2D eigenvalue weighted by Gasteiger charge is 2.14. The Balaban J connectivity index is 2.68. The summed E-state index contributed by atoms with van der Waals surface area (Å²) < 4.78 is 0. The van der Waals surface area contributed by atoms with Crippen molar-refractivity contribution in [2.75, 3.05) is 11.5 Å². The summed E-state index contributed by atoms with van der Waals surface area (Å²) in [6.07, 6.45) is 0. The van der Waals surface area contributed by atoms with Crippen molar-refractivity contribution in [3.63, 3.8) is 0 Å². The molecule has 0 radical (unpaired) electrons. The smallest absolute Gasteiger partial charge is 0.242 e. The summed E-state index contributed by atoms with van der Waals surface area (Å²) >= 11 is 12.1. The summed E-state index contributed by atoms with van der Waals surface area (Å²) in [4.78, 5) is 3.83. The highest BCUT2D eigenvalue weighted by molar-refractivity contribution is 6.43. The third-order valence-corrected chi connectivity index (χ3v) is 2.96. The van der Waals surface area contributed by atoms with Crippen molar-refractivity contribution in [2.45, 2.75) is 6.92 Å². The molecule has 1 aromatic carbocycles. The normalized spacial score (nSPS) is 10.5. The predicted octanol–water partition coefficient (Wildman–Crippen LogP) is 2.32. The molecular formula is C10H9Cl2N5. The van der Waals surface area contributed by atoms with E-state index in [0.29, 0.717) is 21.3 Å².